The average Bonchev–Trinajstić information content (AvgIpc) is 2.02. The Morgan fingerprint density at radius 2 is 2.08 bits per heavy atom. The van der Waals surface area contributed by atoms with Crippen LogP contribution in [0.1, 0.15) is 20.3 Å². The Bertz CT molecular complexity index is 180. The molecule has 0 N–H and O–H groups in total. The van der Waals surface area contributed by atoms with Gasteiger partial charge in [-0.2, -0.15) is 0 Å². The van der Waals surface area contributed by atoms with Crippen molar-refractivity contribution in [2.45, 2.75) is 26.3 Å². The van der Waals surface area contributed by atoms with Crippen molar-refractivity contribution in [2.24, 2.45) is 5.92 Å². The lowest BCUT2D eigenvalue weighted by atomic mass is 10.0. The minimum atomic E-state index is -0.695. The van der Waals surface area contributed by atoms with Gasteiger partial charge in [0, 0.05) is 18.3 Å². The second kappa shape index (κ2) is 4.69. The molecule has 0 aliphatic carbocycles. The van der Waals surface area contributed by atoms with E-state index in [2.05, 4.69) is 4.74 Å². The van der Waals surface area contributed by atoms with Crippen molar-refractivity contribution in [1.29, 1.82) is 0 Å². The summed E-state index contributed by atoms with van der Waals surface area (Å²) in [5.41, 5.74) is 0. The zero-order valence-electron chi connectivity index (χ0n) is 7.44. The third kappa shape index (κ3) is 3.32. The van der Waals surface area contributed by atoms with Crippen molar-refractivity contribution in [3.05, 3.63) is 10.1 Å². The Morgan fingerprint density at radius 1 is 1.58 bits per heavy atom. The first-order valence-corrected chi connectivity index (χ1v) is 3.70. The Morgan fingerprint density at radius 3 is 2.42 bits per heavy atom. The highest BCUT2D eigenvalue weighted by molar-refractivity contribution is 5.71. The van der Waals surface area contributed by atoms with Gasteiger partial charge in [0.25, 0.3) is 0 Å². The van der Waals surface area contributed by atoms with Crippen LogP contribution in [0.25, 0.3) is 0 Å². The van der Waals surface area contributed by atoms with E-state index >= 15 is 0 Å². The number of hydrogen-bond acceptors (Lipinski definition) is 4. The lowest BCUT2D eigenvalue weighted by Gasteiger charge is -2.09. The molecule has 0 amide bonds. The molecule has 0 aromatic rings. The fourth-order valence-corrected chi connectivity index (χ4v) is 0.895. The summed E-state index contributed by atoms with van der Waals surface area (Å²) in [5, 5.41) is 10.2. The summed E-state index contributed by atoms with van der Waals surface area (Å²) in [6.07, 6.45) is 0.222. The van der Waals surface area contributed by atoms with Gasteiger partial charge in [-0.25, -0.2) is 0 Å². The van der Waals surface area contributed by atoms with Crippen LogP contribution in [0, 0.1) is 16.0 Å². The number of hydrogen-bond donors (Lipinski definition) is 0. The SMILES string of the molecule is COC(=O)[C@@H](C)C[C@H](C)[N+](=O)[O-]. The first-order valence-electron chi connectivity index (χ1n) is 3.70. The van der Waals surface area contributed by atoms with E-state index in [9.17, 15) is 14.9 Å². The van der Waals surface area contributed by atoms with E-state index in [0.717, 1.165) is 0 Å². The van der Waals surface area contributed by atoms with Gasteiger partial charge in [-0.1, -0.05) is 6.92 Å². The number of carbonyl (C=O) groups is 1. The summed E-state index contributed by atoms with van der Waals surface area (Å²) in [4.78, 5) is 20.6. The molecule has 0 saturated carbocycles. The predicted molar refractivity (Wildman–Crippen MR) is 42.3 cm³/mol. The number of nitrogens with zero attached hydrogens (tertiary/aromatic N) is 1. The summed E-state index contributed by atoms with van der Waals surface area (Å²) in [6, 6.07) is -0.695. The van der Waals surface area contributed by atoms with E-state index in [-0.39, 0.29) is 6.42 Å². The molecule has 0 unspecified atom stereocenters. The highest BCUT2D eigenvalue weighted by Gasteiger charge is 2.22. The van der Waals surface area contributed by atoms with Crippen molar-refractivity contribution in [3.63, 3.8) is 0 Å². The fraction of sp³-hybridized carbons (Fsp3) is 0.857. The standard InChI is InChI=1S/C7H13NO4/c1-5(7(9)12-3)4-6(2)8(10)11/h5-6H,4H2,1-3H3/t5-,6-/m0/s1. The van der Waals surface area contributed by atoms with Crippen LogP contribution in [0.4, 0.5) is 0 Å². The van der Waals surface area contributed by atoms with Crippen LogP contribution in [0.15, 0.2) is 0 Å². The highest BCUT2D eigenvalue weighted by Crippen LogP contribution is 2.09. The average molecular weight is 175 g/mol. The molecule has 0 heterocycles. The predicted octanol–water partition coefficient (Wildman–Crippen LogP) is 0.851. The van der Waals surface area contributed by atoms with E-state index in [1.807, 2.05) is 0 Å². The molecule has 0 aromatic heterocycles. The summed E-state index contributed by atoms with van der Waals surface area (Å²) in [7, 11) is 1.27. The second-order valence-electron chi connectivity index (χ2n) is 2.79. The van der Waals surface area contributed by atoms with Crippen LogP contribution >= 0.6 is 0 Å². The van der Waals surface area contributed by atoms with Crippen molar-refractivity contribution < 1.29 is 14.5 Å². The van der Waals surface area contributed by atoms with Crippen LogP contribution in [0.5, 0.6) is 0 Å². The first kappa shape index (κ1) is 10.9. The van der Waals surface area contributed by atoms with Gasteiger partial charge in [-0.15, -0.1) is 0 Å². The number of rotatable bonds is 4. The highest BCUT2D eigenvalue weighted by atomic mass is 16.6. The summed E-state index contributed by atoms with van der Waals surface area (Å²) in [6.45, 7) is 3.09. The normalized spacial score (nSPS) is 14.9. The third-order valence-corrected chi connectivity index (χ3v) is 1.66. The largest absolute Gasteiger partial charge is 0.469 e. The second-order valence-corrected chi connectivity index (χ2v) is 2.79. The van der Waals surface area contributed by atoms with Crippen LogP contribution in [0.3, 0.4) is 0 Å². The van der Waals surface area contributed by atoms with Crippen molar-refractivity contribution in [2.75, 3.05) is 7.11 Å². The number of ether oxygens (including phenoxy) is 1. The number of carbonyl (C=O) groups excluding carboxylic acids is 1. The van der Waals surface area contributed by atoms with Gasteiger partial charge in [0.2, 0.25) is 6.04 Å². The van der Waals surface area contributed by atoms with E-state index in [0.29, 0.717) is 0 Å². The lowest BCUT2D eigenvalue weighted by molar-refractivity contribution is -0.519. The Labute approximate surface area is 70.9 Å². The molecule has 0 fully saturated rings. The van der Waals surface area contributed by atoms with Gasteiger partial charge in [-0.3, -0.25) is 14.9 Å². The molecule has 0 bridgehead atoms. The smallest absolute Gasteiger partial charge is 0.308 e. The van der Waals surface area contributed by atoms with Crippen molar-refractivity contribution in [3.8, 4) is 0 Å². The van der Waals surface area contributed by atoms with Gasteiger partial charge in [0.15, 0.2) is 0 Å². The molecular weight excluding hydrogens is 162 g/mol. The van der Waals surface area contributed by atoms with Gasteiger partial charge < -0.3 is 4.74 Å². The molecule has 2 atom stereocenters. The molecule has 5 nitrogen and oxygen atoms in total. The van der Waals surface area contributed by atoms with Crippen molar-refractivity contribution in [1.82, 2.24) is 0 Å². The van der Waals surface area contributed by atoms with Crippen LogP contribution in [0.2, 0.25) is 0 Å². The van der Waals surface area contributed by atoms with Gasteiger partial charge >= 0.3 is 5.97 Å². The van der Waals surface area contributed by atoms with Gasteiger partial charge in [0.05, 0.1) is 13.0 Å². The van der Waals surface area contributed by atoms with Crippen LogP contribution in [-0.2, 0) is 9.53 Å². The Hall–Kier alpha value is -1.13. The van der Waals surface area contributed by atoms with E-state index < -0.39 is 22.9 Å². The molecule has 0 rings (SSSR count). The van der Waals surface area contributed by atoms with Crippen LogP contribution in [-0.4, -0.2) is 24.0 Å². The topological polar surface area (TPSA) is 69.4 Å². The van der Waals surface area contributed by atoms with Gasteiger partial charge in [0.1, 0.15) is 0 Å². The maximum absolute atomic E-state index is 10.8. The first-order chi connectivity index (χ1) is 5.49. The van der Waals surface area contributed by atoms with Gasteiger partial charge in [-0.05, 0) is 0 Å². The maximum atomic E-state index is 10.8. The zero-order chi connectivity index (χ0) is 9.72. The summed E-state index contributed by atoms with van der Waals surface area (Å²) < 4.78 is 4.43. The lowest BCUT2D eigenvalue weighted by Crippen LogP contribution is -2.23. The molecule has 0 aromatic carbocycles. The molecule has 5 heteroatoms. The minimum Gasteiger partial charge on any atom is -0.469 e. The molecule has 0 aliphatic rings. The maximum Gasteiger partial charge on any atom is 0.308 e. The van der Waals surface area contributed by atoms with Crippen LogP contribution < -0.4 is 0 Å². The zero-order valence-corrected chi connectivity index (χ0v) is 7.44. The van der Waals surface area contributed by atoms with E-state index in [1.54, 1.807) is 6.92 Å². The number of esters is 1. The minimum absolute atomic E-state index is 0.222. The molecular formula is C7H13NO4. The molecule has 0 spiro atoms. The quantitative estimate of drug-likeness (QED) is 0.361. The van der Waals surface area contributed by atoms with E-state index in [4.69, 9.17) is 0 Å². The Kier molecular flexibility index (Phi) is 4.25. The summed E-state index contributed by atoms with van der Waals surface area (Å²) >= 11 is 0. The Balaban J connectivity index is 3.91. The fourth-order valence-electron chi connectivity index (χ4n) is 0.895. The molecule has 0 radical (unpaired) electrons. The van der Waals surface area contributed by atoms with E-state index in [1.165, 1.54) is 14.0 Å². The number of nitro groups is 1. The number of methoxy groups -OCH3 is 1. The monoisotopic (exact) mass is 175 g/mol. The summed E-state index contributed by atoms with van der Waals surface area (Å²) in [5.74, 6) is -0.806. The molecule has 0 saturated heterocycles. The van der Waals surface area contributed by atoms with Crippen molar-refractivity contribution >= 4 is 5.97 Å². The molecule has 0 aliphatic heterocycles. The molecule has 12 heavy (non-hydrogen) atoms. The third-order valence-electron chi connectivity index (χ3n) is 1.66. The molecule has 70 valence electrons.